The largest absolute Gasteiger partial charge is 0.273 e. The zero-order valence-corrected chi connectivity index (χ0v) is 16.3. The van der Waals surface area contributed by atoms with Gasteiger partial charge in [0.2, 0.25) is 11.7 Å². The Balaban J connectivity index is 1.78. The number of para-hydroxylation sites is 3. The summed E-state index contributed by atoms with van der Waals surface area (Å²) in [5.74, 6) is -1.52. The summed E-state index contributed by atoms with van der Waals surface area (Å²) < 4.78 is 0. The Labute approximate surface area is 173 Å². The molecule has 3 aliphatic rings. The molecule has 2 bridgehead atoms. The highest BCUT2D eigenvalue weighted by molar-refractivity contribution is 6.37. The van der Waals surface area contributed by atoms with E-state index in [4.69, 9.17) is 0 Å². The first-order valence-electron chi connectivity index (χ1n) is 9.71. The van der Waals surface area contributed by atoms with E-state index < -0.39 is 29.4 Å². The number of amides is 3. The van der Waals surface area contributed by atoms with E-state index in [1.165, 1.54) is 6.92 Å². The second kappa shape index (κ2) is 6.56. The molecule has 30 heavy (non-hydrogen) atoms. The first-order chi connectivity index (χ1) is 14.5. The smallest absolute Gasteiger partial charge is 0.255 e. The molecular formula is C24H19N3O3. The van der Waals surface area contributed by atoms with Crippen LogP contribution in [0.1, 0.15) is 6.92 Å². The number of anilines is 3. The van der Waals surface area contributed by atoms with Gasteiger partial charge in [-0.25, -0.2) is 0 Å². The second-order valence-corrected chi connectivity index (χ2v) is 7.50. The average Bonchev–Trinajstić information content (AvgIpc) is 2.79. The maximum Gasteiger partial charge on any atom is 0.255 e. The SMILES string of the molecule is CC12C(=O)N(c3ccccc3)C(N(c3ccccc3)C1=O)N(c1ccccc1)C2=O. The van der Waals surface area contributed by atoms with E-state index >= 15 is 0 Å². The number of benzene rings is 3. The highest BCUT2D eigenvalue weighted by atomic mass is 16.2. The van der Waals surface area contributed by atoms with Crippen LogP contribution in [-0.2, 0) is 14.4 Å². The number of fused-ring (bicyclic) bond motifs is 3. The standard InChI is InChI=1S/C24H19N3O3/c1-24-20(28)25(17-11-5-2-6-12-17)23(26(21(24)29)18-13-7-3-8-14-18)27(22(24)30)19-15-9-4-10-16-19/h2-16,23H,1H3. The fourth-order valence-corrected chi connectivity index (χ4v) is 4.18. The fraction of sp³-hybridized carbons (Fsp3) is 0.125. The molecule has 3 aliphatic heterocycles. The molecule has 0 N–H and O–H groups in total. The molecule has 3 aromatic carbocycles. The van der Waals surface area contributed by atoms with Crippen molar-refractivity contribution < 1.29 is 14.4 Å². The lowest BCUT2D eigenvalue weighted by Crippen LogP contribution is -2.82. The minimum Gasteiger partial charge on any atom is -0.273 e. The third kappa shape index (κ3) is 2.33. The van der Waals surface area contributed by atoms with Crippen LogP contribution in [0.15, 0.2) is 91.0 Å². The average molecular weight is 397 g/mol. The lowest BCUT2D eigenvalue weighted by Gasteiger charge is -2.58. The number of carbonyl (C=O) groups is 3. The molecule has 0 aromatic heterocycles. The molecule has 0 saturated carbocycles. The molecule has 6 nitrogen and oxygen atoms in total. The van der Waals surface area contributed by atoms with Crippen molar-refractivity contribution in [1.29, 1.82) is 0 Å². The van der Waals surface area contributed by atoms with E-state index in [2.05, 4.69) is 0 Å². The van der Waals surface area contributed by atoms with E-state index in [0.29, 0.717) is 17.1 Å². The third-order valence-corrected chi connectivity index (χ3v) is 5.74. The Morgan fingerprint density at radius 3 is 1.07 bits per heavy atom. The summed E-state index contributed by atoms with van der Waals surface area (Å²) in [7, 11) is 0. The summed E-state index contributed by atoms with van der Waals surface area (Å²) in [4.78, 5) is 45.2. The summed E-state index contributed by atoms with van der Waals surface area (Å²) in [6.07, 6.45) is -0.938. The molecule has 0 aliphatic carbocycles. The summed E-state index contributed by atoms with van der Waals surface area (Å²) >= 11 is 0. The Kier molecular flexibility index (Phi) is 3.96. The van der Waals surface area contributed by atoms with Gasteiger partial charge in [-0.15, -0.1) is 0 Å². The van der Waals surface area contributed by atoms with Crippen molar-refractivity contribution in [2.24, 2.45) is 5.41 Å². The number of hydrogen-bond acceptors (Lipinski definition) is 3. The molecule has 3 fully saturated rings. The minimum atomic E-state index is -1.85. The zero-order chi connectivity index (χ0) is 20.9. The molecule has 3 heterocycles. The molecular weight excluding hydrogens is 378 g/mol. The maximum absolute atomic E-state index is 13.5. The summed E-state index contributed by atoms with van der Waals surface area (Å²) in [5, 5.41) is 0. The fourth-order valence-electron chi connectivity index (χ4n) is 4.18. The van der Waals surface area contributed by atoms with Crippen LogP contribution in [0, 0.1) is 5.41 Å². The van der Waals surface area contributed by atoms with Gasteiger partial charge in [0, 0.05) is 17.1 Å². The lowest BCUT2D eigenvalue weighted by atomic mass is 9.79. The van der Waals surface area contributed by atoms with Crippen LogP contribution in [0.2, 0.25) is 0 Å². The van der Waals surface area contributed by atoms with Crippen LogP contribution >= 0.6 is 0 Å². The Hall–Kier alpha value is -3.93. The van der Waals surface area contributed by atoms with Crippen molar-refractivity contribution in [2.45, 2.75) is 13.2 Å². The number of rotatable bonds is 3. The molecule has 0 unspecified atom stereocenters. The number of nitrogens with zero attached hydrogens (tertiary/aromatic N) is 3. The predicted octanol–water partition coefficient (Wildman–Crippen LogP) is 3.40. The van der Waals surface area contributed by atoms with Gasteiger partial charge in [0.1, 0.15) is 0 Å². The minimum absolute atomic E-state index is 0.506. The molecule has 0 atom stereocenters. The number of carbonyl (C=O) groups excluding carboxylic acids is 3. The van der Waals surface area contributed by atoms with Crippen LogP contribution in [-0.4, -0.2) is 24.0 Å². The van der Waals surface area contributed by atoms with Crippen molar-refractivity contribution in [2.75, 3.05) is 14.7 Å². The predicted molar refractivity (Wildman–Crippen MR) is 114 cm³/mol. The highest BCUT2D eigenvalue weighted by Crippen LogP contribution is 2.46. The summed E-state index contributed by atoms with van der Waals surface area (Å²) in [6.45, 7) is 1.43. The van der Waals surface area contributed by atoms with Crippen molar-refractivity contribution in [3.8, 4) is 0 Å². The van der Waals surface area contributed by atoms with Gasteiger partial charge < -0.3 is 0 Å². The molecule has 6 rings (SSSR count). The number of hydrogen-bond donors (Lipinski definition) is 0. The molecule has 3 amide bonds. The van der Waals surface area contributed by atoms with E-state index in [0.717, 1.165) is 0 Å². The van der Waals surface area contributed by atoms with Gasteiger partial charge in [-0.1, -0.05) is 54.6 Å². The van der Waals surface area contributed by atoms with Gasteiger partial charge in [-0.05, 0) is 43.3 Å². The molecule has 3 saturated heterocycles. The molecule has 3 aromatic rings. The monoisotopic (exact) mass is 397 g/mol. The van der Waals surface area contributed by atoms with Gasteiger partial charge in [0.15, 0.2) is 0 Å². The van der Waals surface area contributed by atoms with E-state index in [1.807, 2.05) is 91.0 Å². The van der Waals surface area contributed by atoms with Crippen LogP contribution in [0.5, 0.6) is 0 Å². The summed E-state index contributed by atoms with van der Waals surface area (Å²) in [6, 6.07) is 27.4. The highest BCUT2D eigenvalue weighted by Gasteiger charge is 2.68. The van der Waals surface area contributed by atoms with Gasteiger partial charge >= 0.3 is 0 Å². The van der Waals surface area contributed by atoms with Gasteiger partial charge in [0.05, 0.1) is 0 Å². The van der Waals surface area contributed by atoms with Crippen LogP contribution in [0.4, 0.5) is 17.1 Å². The molecule has 0 radical (unpaired) electrons. The van der Waals surface area contributed by atoms with Crippen LogP contribution in [0.3, 0.4) is 0 Å². The van der Waals surface area contributed by atoms with Gasteiger partial charge in [-0.3, -0.25) is 29.1 Å². The van der Waals surface area contributed by atoms with Crippen molar-refractivity contribution in [1.82, 2.24) is 0 Å². The van der Waals surface area contributed by atoms with E-state index in [9.17, 15) is 14.4 Å². The first kappa shape index (κ1) is 18.1. The third-order valence-electron chi connectivity index (χ3n) is 5.74. The van der Waals surface area contributed by atoms with Crippen LogP contribution in [0.25, 0.3) is 0 Å². The van der Waals surface area contributed by atoms with E-state index in [1.54, 1.807) is 14.7 Å². The lowest BCUT2D eigenvalue weighted by molar-refractivity contribution is -0.154. The molecule has 148 valence electrons. The Morgan fingerprint density at radius 2 is 0.800 bits per heavy atom. The quantitative estimate of drug-likeness (QED) is 0.637. The summed E-state index contributed by atoms with van der Waals surface area (Å²) in [5.41, 5.74) is 0.0257. The Morgan fingerprint density at radius 1 is 0.533 bits per heavy atom. The van der Waals surface area contributed by atoms with E-state index in [-0.39, 0.29) is 0 Å². The molecule has 6 heteroatoms. The normalized spacial score (nSPS) is 23.3. The van der Waals surface area contributed by atoms with Gasteiger partial charge in [-0.2, -0.15) is 0 Å². The second-order valence-electron chi connectivity index (χ2n) is 7.50. The molecule has 0 spiro atoms. The van der Waals surface area contributed by atoms with Crippen molar-refractivity contribution in [3.63, 3.8) is 0 Å². The van der Waals surface area contributed by atoms with Crippen molar-refractivity contribution >= 4 is 34.8 Å². The first-order valence-corrected chi connectivity index (χ1v) is 9.71. The van der Waals surface area contributed by atoms with Crippen molar-refractivity contribution in [3.05, 3.63) is 91.0 Å². The maximum atomic E-state index is 13.5. The zero-order valence-electron chi connectivity index (χ0n) is 16.3. The van der Waals surface area contributed by atoms with Crippen LogP contribution < -0.4 is 14.7 Å². The Bertz CT molecular complexity index is 988. The van der Waals surface area contributed by atoms with Gasteiger partial charge in [0.25, 0.3) is 17.7 Å². The topological polar surface area (TPSA) is 60.9 Å².